The Balaban J connectivity index is 1.60. The maximum absolute atomic E-state index is 12.6. The molecule has 3 aromatic rings. The summed E-state index contributed by atoms with van der Waals surface area (Å²) in [5.74, 6) is 0. The van der Waals surface area contributed by atoms with Gasteiger partial charge in [0.15, 0.2) is 0 Å². The second kappa shape index (κ2) is 7.55. The Bertz CT molecular complexity index is 1100. The van der Waals surface area contributed by atoms with Gasteiger partial charge in [0.1, 0.15) is 0 Å². The number of nitrogens with zero attached hydrogens (tertiary/aromatic N) is 1. The number of hydrogen-bond donors (Lipinski definition) is 1. The largest absolute Gasteiger partial charge is 0.377 e. The first-order valence-electron chi connectivity index (χ1n) is 8.81. The molecule has 0 radical (unpaired) electrons. The number of hydrogen-bond acceptors (Lipinski definition) is 5. The minimum absolute atomic E-state index is 0.0634. The third kappa shape index (κ3) is 3.98. The van der Waals surface area contributed by atoms with Gasteiger partial charge in [-0.2, -0.15) is 0 Å². The van der Waals surface area contributed by atoms with Crippen molar-refractivity contribution >= 4 is 31.6 Å². The van der Waals surface area contributed by atoms with Crippen LogP contribution >= 0.6 is 11.3 Å². The number of thiazole rings is 1. The van der Waals surface area contributed by atoms with Crippen molar-refractivity contribution in [2.75, 3.05) is 13.2 Å². The van der Waals surface area contributed by atoms with Crippen molar-refractivity contribution in [2.24, 2.45) is 0 Å². The molecule has 1 aromatic heterocycles. The molecule has 0 spiro atoms. The van der Waals surface area contributed by atoms with E-state index in [1.807, 2.05) is 30.3 Å². The van der Waals surface area contributed by atoms with Crippen LogP contribution < -0.4 is 9.60 Å². The van der Waals surface area contributed by atoms with Crippen LogP contribution in [0.2, 0.25) is 0 Å². The number of fused-ring (bicyclic) bond motifs is 1. The Morgan fingerprint density at radius 3 is 2.74 bits per heavy atom. The maximum Gasteiger partial charge on any atom is 0.308 e. The number of sulfonamides is 1. The van der Waals surface area contributed by atoms with Crippen molar-refractivity contribution < 1.29 is 13.2 Å². The number of nitrogens with one attached hydrogen (secondary N) is 1. The van der Waals surface area contributed by atoms with Crippen LogP contribution in [0.25, 0.3) is 10.2 Å². The highest BCUT2D eigenvalue weighted by atomic mass is 32.2. The lowest BCUT2D eigenvalue weighted by atomic mass is 10.2. The van der Waals surface area contributed by atoms with Gasteiger partial charge in [-0.05, 0) is 36.6 Å². The van der Waals surface area contributed by atoms with E-state index in [0.29, 0.717) is 17.9 Å². The van der Waals surface area contributed by atoms with Crippen LogP contribution in [-0.2, 0) is 21.3 Å². The standard InChI is InChI=1S/C19H20N2O4S2/c22-19-21(13-14-5-2-1-3-6-14)17-9-8-16(11-18(17)26-19)27(23,24)20-12-15-7-4-10-25-15/h1-3,5-6,8-9,11,15,20H,4,7,10,12-13H2/t15-/m1/s1. The van der Waals surface area contributed by atoms with Crippen molar-refractivity contribution in [1.82, 2.24) is 9.29 Å². The highest BCUT2D eigenvalue weighted by Gasteiger charge is 2.21. The van der Waals surface area contributed by atoms with E-state index in [2.05, 4.69) is 4.72 Å². The summed E-state index contributed by atoms with van der Waals surface area (Å²) in [5, 5.41) is 0. The molecule has 8 heteroatoms. The molecule has 0 bridgehead atoms. The van der Waals surface area contributed by atoms with E-state index < -0.39 is 10.0 Å². The molecule has 1 aliphatic heterocycles. The summed E-state index contributed by atoms with van der Waals surface area (Å²) in [6.07, 6.45) is 1.76. The first kappa shape index (κ1) is 18.4. The normalized spacial score (nSPS) is 17.6. The summed E-state index contributed by atoms with van der Waals surface area (Å²) in [6.45, 7) is 1.41. The Morgan fingerprint density at radius 1 is 1.19 bits per heavy atom. The second-order valence-electron chi connectivity index (χ2n) is 6.56. The van der Waals surface area contributed by atoms with E-state index in [-0.39, 0.29) is 22.4 Å². The fraction of sp³-hybridized carbons (Fsp3) is 0.316. The van der Waals surface area contributed by atoms with Gasteiger partial charge >= 0.3 is 4.87 Å². The van der Waals surface area contributed by atoms with Gasteiger partial charge in [0.2, 0.25) is 10.0 Å². The average Bonchev–Trinajstić information content (AvgIpc) is 3.29. The third-order valence-corrected chi connectivity index (χ3v) is 7.02. The number of benzene rings is 2. The van der Waals surface area contributed by atoms with Crippen LogP contribution in [0, 0.1) is 0 Å². The minimum atomic E-state index is -3.64. The molecule has 142 valence electrons. The Kier molecular flexibility index (Phi) is 5.14. The van der Waals surface area contributed by atoms with Crippen molar-refractivity contribution in [3.63, 3.8) is 0 Å². The van der Waals surface area contributed by atoms with Crippen LogP contribution in [0.3, 0.4) is 0 Å². The van der Waals surface area contributed by atoms with Gasteiger partial charge in [0, 0.05) is 13.2 Å². The van der Waals surface area contributed by atoms with Gasteiger partial charge in [0.05, 0.1) is 27.8 Å². The fourth-order valence-electron chi connectivity index (χ4n) is 3.22. The first-order valence-corrected chi connectivity index (χ1v) is 11.1. The van der Waals surface area contributed by atoms with Crippen LogP contribution in [0.5, 0.6) is 0 Å². The number of rotatable bonds is 6. The molecule has 27 heavy (non-hydrogen) atoms. The summed E-state index contributed by atoms with van der Waals surface area (Å²) >= 11 is 1.06. The lowest BCUT2D eigenvalue weighted by Crippen LogP contribution is -2.31. The monoisotopic (exact) mass is 404 g/mol. The summed E-state index contributed by atoms with van der Waals surface area (Å²) in [7, 11) is -3.64. The molecule has 0 aliphatic carbocycles. The van der Waals surface area contributed by atoms with E-state index in [1.54, 1.807) is 22.8 Å². The zero-order valence-electron chi connectivity index (χ0n) is 14.6. The number of ether oxygens (including phenoxy) is 1. The molecule has 0 saturated carbocycles. The predicted octanol–water partition coefficient (Wildman–Crippen LogP) is 2.57. The van der Waals surface area contributed by atoms with Gasteiger partial charge in [-0.3, -0.25) is 9.36 Å². The molecule has 0 amide bonds. The topological polar surface area (TPSA) is 77.4 Å². The average molecular weight is 405 g/mol. The lowest BCUT2D eigenvalue weighted by Gasteiger charge is -2.11. The van der Waals surface area contributed by atoms with Gasteiger partial charge in [-0.25, -0.2) is 13.1 Å². The van der Waals surface area contributed by atoms with Crippen LogP contribution in [0.1, 0.15) is 18.4 Å². The van der Waals surface area contributed by atoms with Crippen molar-refractivity contribution in [3.8, 4) is 0 Å². The van der Waals surface area contributed by atoms with Gasteiger partial charge in [-0.15, -0.1) is 0 Å². The van der Waals surface area contributed by atoms with E-state index in [4.69, 9.17) is 4.74 Å². The summed E-state index contributed by atoms with van der Waals surface area (Å²) in [5.41, 5.74) is 1.76. The highest BCUT2D eigenvalue weighted by molar-refractivity contribution is 7.89. The second-order valence-corrected chi connectivity index (χ2v) is 9.32. The van der Waals surface area contributed by atoms with Crippen LogP contribution in [0.4, 0.5) is 0 Å². The van der Waals surface area contributed by atoms with Crippen LogP contribution in [-0.4, -0.2) is 32.2 Å². The molecular weight excluding hydrogens is 384 g/mol. The van der Waals surface area contributed by atoms with Gasteiger partial charge in [0.25, 0.3) is 0 Å². The Labute approximate surface area is 161 Å². The molecule has 6 nitrogen and oxygen atoms in total. The fourth-order valence-corrected chi connectivity index (χ4v) is 5.32. The van der Waals surface area contributed by atoms with E-state index in [9.17, 15) is 13.2 Å². The molecule has 2 heterocycles. The number of aromatic nitrogens is 1. The van der Waals surface area contributed by atoms with Crippen LogP contribution in [0.15, 0.2) is 58.2 Å². The lowest BCUT2D eigenvalue weighted by molar-refractivity contribution is 0.114. The zero-order chi connectivity index (χ0) is 18.9. The van der Waals surface area contributed by atoms with E-state index in [1.165, 1.54) is 0 Å². The third-order valence-electron chi connectivity index (χ3n) is 4.66. The molecule has 4 rings (SSSR count). The molecule has 2 aromatic carbocycles. The SMILES string of the molecule is O=c1sc2cc(S(=O)(=O)NC[C@H]3CCCO3)ccc2n1Cc1ccccc1. The highest BCUT2D eigenvalue weighted by Crippen LogP contribution is 2.23. The molecule has 0 unspecified atom stereocenters. The maximum atomic E-state index is 12.6. The minimum Gasteiger partial charge on any atom is -0.377 e. The summed E-state index contributed by atoms with van der Waals surface area (Å²) in [6, 6.07) is 14.5. The molecular formula is C19H20N2O4S2. The van der Waals surface area contributed by atoms with Crippen molar-refractivity contribution in [3.05, 3.63) is 63.8 Å². The predicted molar refractivity (Wildman–Crippen MR) is 106 cm³/mol. The van der Waals surface area contributed by atoms with Gasteiger partial charge in [-0.1, -0.05) is 41.7 Å². The quantitative estimate of drug-likeness (QED) is 0.685. The van der Waals surface area contributed by atoms with Gasteiger partial charge < -0.3 is 4.74 Å². The first-order chi connectivity index (χ1) is 13.0. The Hall–Kier alpha value is -2.00. The Morgan fingerprint density at radius 2 is 2.00 bits per heavy atom. The van der Waals surface area contributed by atoms with E-state index in [0.717, 1.165) is 35.3 Å². The van der Waals surface area contributed by atoms with Crippen molar-refractivity contribution in [2.45, 2.75) is 30.4 Å². The molecule has 1 N–H and O–H groups in total. The molecule has 1 saturated heterocycles. The molecule has 1 aliphatic rings. The molecule has 1 fully saturated rings. The zero-order valence-corrected chi connectivity index (χ0v) is 16.3. The van der Waals surface area contributed by atoms with Crippen molar-refractivity contribution in [1.29, 1.82) is 0 Å². The summed E-state index contributed by atoms with van der Waals surface area (Å²) < 4.78 is 35.5. The summed E-state index contributed by atoms with van der Waals surface area (Å²) in [4.78, 5) is 12.5. The smallest absolute Gasteiger partial charge is 0.308 e. The van der Waals surface area contributed by atoms with E-state index >= 15 is 0 Å². The molecule has 1 atom stereocenters.